The maximum absolute atomic E-state index is 9.76. The van der Waals surface area contributed by atoms with Gasteiger partial charge in [0.2, 0.25) is 0 Å². The first-order valence-electron chi connectivity index (χ1n) is 1.77. The summed E-state index contributed by atoms with van der Waals surface area (Å²) in [4.78, 5) is 9.76. The van der Waals surface area contributed by atoms with Gasteiger partial charge in [0.1, 0.15) is 6.04 Å². The summed E-state index contributed by atoms with van der Waals surface area (Å²) in [5, 5.41) is 8.01. The molecule has 44 valence electrons. The Bertz CT molecular complexity index is 79.7. The quantitative estimate of drug-likeness (QED) is 0.357. The first-order chi connectivity index (χ1) is 3.18. The van der Waals surface area contributed by atoms with Gasteiger partial charge in [-0.15, -0.1) is 0 Å². The van der Waals surface area contributed by atoms with E-state index in [2.05, 4.69) is 12.6 Å². The van der Waals surface area contributed by atoms with Crippen LogP contribution in [-0.2, 0) is 4.79 Å². The number of carboxylic acid groups (broad SMARTS) is 1. The van der Waals surface area contributed by atoms with E-state index >= 15 is 0 Å². The van der Waals surface area contributed by atoms with Gasteiger partial charge in [-0.05, 0) is 0 Å². The number of carboxylic acids is 1. The molecule has 0 unspecified atom stereocenters. The number of hydrogen-bond acceptors (Lipinski definition) is 3. The maximum Gasteiger partial charge on any atom is 0.321 e. The summed E-state index contributed by atoms with van der Waals surface area (Å²) < 4.78 is 0. The van der Waals surface area contributed by atoms with Gasteiger partial charge in [-0.3, -0.25) is 4.79 Å². The number of carbonyl (C=O) groups is 1. The number of thiol groups is 1. The summed E-state index contributed by atoms with van der Waals surface area (Å²) >= 11 is 3.65. The van der Waals surface area contributed by atoms with Gasteiger partial charge in [0, 0.05) is 43.5 Å². The Morgan fingerprint density at radius 1 is 1.88 bits per heavy atom. The normalized spacial score (nSPS) is 11.8. The molecule has 0 aromatic rings. The van der Waals surface area contributed by atoms with Crippen molar-refractivity contribution in [3.05, 3.63) is 0 Å². The van der Waals surface area contributed by atoms with E-state index < -0.39 is 12.0 Å². The van der Waals surface area contributed by atoms with E-state index in [0.29, 0.717) is 0 Å². The number of aliphatic carboxylic acids is 1. The molecular formula is C3H7CaNO2S. The third-order valence-electron chi connectivity index (χ3n) is 0.514. The standard InChI is InChI=1S/C3H7NO2S.Ca/c4-2(1-7)3(5)6;/h2,7H,1,4H2,(H,5,6);/t2-;/m1./s1. The van der Waals surface area contributed by atoms with Gasteiger partial charge in [0.15, 0.2) is 0 Å². The molecule has 0 rings (SSSR count). The smallest absolute Gasteiger partial charge is 0.321 e. The van der Waals surface area contributed by atoms with Crippen LogP contribution in [-0.4, -0.2) is 60.6 Å². The molecule has 1 atom stereocenters. The molecule has 2 radical (unpaired) electrons. The SMILES string of the molecule is N[C@H](CS)C(=O)O.[Ca]. The summed E-state index contributed by atoms with van der Waals surface area (Å²) in [6.45, 7) is 0. The Kier molecular flexibility index (Phi) is 9.08. The summed E-state index contributed by atoms with van der Waals surface area (Å²) in [5.74, 6) is -0.815. The molecule has 0 aromatic carbocycles. The topological polar surface area (TPSA) is 63.3 Å². The summed E-state index contributed by atoms with van der Waals surface area (Å²) in [5.41, 5.74) is 4.94. The van der Waals surface area contributed by atoms with Gasteiger partial charge in [0.05, 0.1) is 0 Å². The first kappa shape index (κ1) is 11.8. The molecule has 0 aliphatic rings. The first-order valence-corrected chi connectivity index (χ1v) is 2.41. The summed E-state index contributed by atoms with van der Waals surface area (Å²) in [6.07, 6.45) is 0. The van der Waals surface area contributed by atoms with Crippen LogP contribution in [0.5, 0.6) is 0 Å². The average molecular weight is 161 g/mol. The van der Waals surface area contributed by atoms with Crippen molar-refractivity contribution >= 4 is 56.3 Å². The molecule has 5 heteroatoms. The second-order valence-corrected chi connectivity index (χ2v) is 1.49. The van der Waals surface area contributed by atoms with Gasteiger partial charge in [-0.1, -0.05) is 0 Å². The zero-order chi connectivity index (χ0) is 5.86. The molecule has 0 spiro atoms. The molecule has 0 aromatic heterocycles. The minimum absolute atomic E-state index is 0. The van der Waals surface area contributed by atoms with Gasteiger partial charge in [-0.25, -0.2) is 0 Å². The molecule has 8 heavy (non-hydrogen) atoms. The Morgan fingerprint density at radius 2 is 2.25 bits per heavy atom. The molecule has 0 heterocycles. The predicted molar refractivity (Wildman–Crippen MR) is 35.2 cm³/mol. The molecule has 0 fully saturated rings. The van der Waals surface area contributed by atoms with Crippen molar-refractivity contribution in [1.82, 2.24) is 0 Å². The number of nitrogens with two attached hydrogens (primary N) is 1. The van der Waals surface area contributed by atoms with Crippen molar-refractivity contribution in [2.45, 2.75) is 6.04 Å². The van der Waals surface area contributed by atoms with E-state index in [1.54, 1.807) is 0 Å². The van der Waals surface area contributed by atoms with E-state index in [-0.39, 0.29) is 43.5 Å². The maximum atomic E-state index is 9.76. The molecule has 0 aliphatic heterocycles. The van der Waals surface area contributed by atoms with Crippen LogP contribution in [0.4, 0.5) is 0 Å². The predicted octanol–water partition coefficient (Wildman–Crippen LogP) is -1.05. The molecular weight excluding hydrogens is 154 g/mol. The zero-order valence-electron chi connectivity index (χ0n) is 4.37. The van der Waals surface area contributed by atoms with E-state index in [1.807, 2.05) is 0 Å². The largest absolute Gasteiger partial charge is 0.480 e. The molecule has 0 bridgehead atoms. The minimum Gasteiger partial charge on any atom is -0.480 e. The zero-order valence-corrected chi connectivity index (χ0v) is 7.47. The second kappa shape index (κ2) is 6.16. The third kappa shape index (κ3) is 5.18. The fourth-order valence-corrected chi connectivity index (χ4v) is 0.234. The Labute approximate surface area is 83.0 Å². The minimum atomic E-state index is -1.00. The van der Waals surface area contributed by atoms with Gasteiger partial charge < -0.3 is 10.8 Å². The Balaban J connectivity index is 0. The summed E-state index contributed by atoms with van der Waals surface area (Å²) in [6, 6.07) is -0.816. The molecule has 0 amide bonds. The van der Waals surface area contributed by atoms with Crippen molar-refractivity contribution in [3.63, 3.8) is 0 Å². The molecule has 3 N–H and O–H groups in total. The number of hydrogen-bond donors (Lipinski definition) is 3. The Morgan fingerprint density at radius 3 is 2.25 bits per heavy atom. The van der Waals surface area contributed by atoms with Gasteiger partial charge in [-0.2, -0.15) is 12.6 Å². The van der Waals surface area contributed by atoms with E-state index in [4.69, 9.17) is 10.8 Å². The second-order valence-electron chi connectivity index (χ2n) is 1.13. The van der Waals surface area contributed by atoms with E-state index in [1.165, 1.54) is 0 Å². The van der Waals surface area contributed by atoms with Crippen molar-refractivity contribution in [2.75, 3.05) is 5.75 Å². The monoisotopic (exact) mass is 161 g/mol. The van der Waals surface area contributed by atoms with Crippen molar-refractivity contribution in [3.8, 4) is 0 Å². The fraction of sp³-hybridized carbons (Fsp3) is 0.667. The average Bonchev–Trinajstić information content (AvgIpc) is 1.65. The van der Waals surface area contributed by atoms with Crippen molar-refractivity contribution in [1.29, 1.82) is 0 Å². The summed E-state index contributed by atoms with van der Waals surface area (Å²) in [7, 11) is 0. The third-order valence-corrected chi connectivity index (χ3v) is 0.907. The van der Waals surface area contributed by atoms with Crippen molar-refractivity contribution < 1.29 is 9.90 Å². The molecule has 0 saturated heterocycles. The van der Waals surface area contributed by atoms with Crippen LogP contribution >= 0.6 is 12.6 Å². The van der Waals surface area contributed by atoms with Crippen LogP contribution in [0.1, 0.15) is 0 Å². The number of rotatable bonds is 2. The van der Waals surface area contributed by atoms with Crippen LogP contribution in [0, 0.1) is 0 Å². The van der Waals surface area contributed by atoms with E-state index in [9.17, 15) is 4.79 Å². The van der Waals surface area contributed by atoms with Crippen molar-refractivity contribution in [2.24, 2.45) is 5.73 Å². The molecule has 0 saturated carbocycles. The van der Waals surface area contributed by atoms with E-state index in [0.717, 1.165) is 0 Å². The van der Waals surface area contributed by atoms with Crippen LogP contribution in [0.25, 0.3) is 0 Å². The van der Waals surface area contributed by atoms with Crippen LogP contribution in [0.15, 0.2) is 0 Å². The van der Waals surface area contributed by atoms with Crippen LogP contribution in [0.3, 0.4) is 0 Å². The van der Waals surface area contributed by atoms with Gasteiger partial charge in [0.25, 0.3) is 0 Å². The Hall–Kier alpha value is 1.04. The fourth-order valence-electron chi connectivity index (χ4n) is 0.0781. The molecule has 0 aliphatic carbocycles. The molecule has 3 nitrogen and oxygen atoms in total. The van der Waals surface area contributed by atoms with Crippen LogP contribution < -0.4 is 5.73 Å². The van der Waals surface area contributed by atoms with Gasteiger partial charge >= 0.3 is 5.97 Å². The van der Waals surface area contributed by atoms with Crippen LogP contribution in [0.2, 0.25) is 0 Å².